The van der Waals surface area contributed by atoms with Crippen LogP contribution in [0.5, 0.6) is 5.88 Å². The van der Waals surface area contributed by atoms with Crippen LogP contribution in [0.1, 0.15) is 28.5 Å². The molecule has 1 aliphatic heterocycles. The number of carboxylic acids is 1. The third-order valence-corrected chi connectivity index (χ3v) is 6.02. The highest BCUT2D eigenvalue weighted by atomic mass is 32.1. The number of hydrogen-bond acceptors (Lipinski definition) is 6. The molecule has 1 atom stereocenters. The number of ether oxygens (including phenoxy) is 1. The van der Waals surface area contributed by atoms with Crippen LogP contribution in [0.3, 0.4) is 0 Å². The third kappa shape index (κ3) is 3.89. The number of nitrogens with one attached hydrogen (secondary N) is 1. The summed E-state index contributed by atoms with van der Waals surface area (Å²) in [5.74, 6) is -0.561. The number of rotatable bonds is 7. The second-order valence-electron chi connectivity index (χ2n) is 6.93. The topological polar surface area (TPSA) is 79.6 Å². The number of aromatic carboxylic acids is 1. The molecule has 2 N–H and O–H groups in total. The predicted octanol–water partition coefficient (Wildman–Crippen LogP) is 2.75. The average Bonchev–Trinajstić information content (AvgIpc) is 3.32. The molecule has 7 nitrogen and oxygen atoms in total. The molecule has 0 radical (unpaired) electrons. The Labute approximate surface area is 167 Å². The summed E-state index contributed by atoms with van der Waals surface area (Å²) < 4.78 is 8.55. The van der Waals surface area contributed by atoms with Crippen molar-refractivity contribution in [1.82, 2.24) is 20.0 Å². The molecule has 0 spiro atoms. The Kier molecular flexibility index (Phi) is 5.61. The van der Waals surface area contributed by atoms with Crippen molar-refractivity contribution in [2.75, 3.05) is 32.8 Å². The maximum Gasteiger partial charge on any atom is 0.356 e. The lowest BCUT2D eigenvalue weighted by molar-refractivity contribution is 0.0689. The number of thiophene rings is 1. The number of benzene rings is 1. The Morgan fingerprint density at radius 1 is 1.43 bits per heavy atom. The van der Waals surface area contributed by atoms with Crippen LogP contribution in [0.15, 0.2) is 35.7 Å². The molecule has 28 heavy (non-hydrogen) atoms. The van der Waals surface area contributed by atoms with Gasteiger partial charge in [-0.3, -0.25) is 4.90 Å². The molecule has 1 fully saturated rings. The van der Waals surface area contributed by atoms with Crippen LogP contribution in [-0.2, 0) is 7.05 Å². The van der Waals surface area contributed by atoms with Crippen LogP contribution in [0.25, 0.3) is 10.1 Å². The molecule has 0 saturated carbocycles. The summed E-state index contributed by atoms with van der Waals surface area (Å²) in [6.07, 6.45) is 0.865. The summed E-state index contributed by atoms with van der Waals surface area (Å²) in [5, 5.41) is 20.0. The fourth-order valence-electron chi connectivity index (χ4n) is 3.76. The maximum absolute atomic E-state index is 11.0. The molecule has 4 rings (SSSR count). The van der Waals surface area contributed by atoms with Crippen molar-refractivity contribution in [1.29, 1.82) is 0 Å². The van der Waals surface area contributed by atoms with Crippen molar-refractivity contribution >= 4 is 27.4 Å². The van der Waals surface area contributed by atoms with E-state index in [1.165, 1.54) is 26.4 Å². The van der Waals surface area contributed by atoms with Crippen LogP contribution >= 0.6 is 11.3 Å². The molecule has 8 heteroatoms. The van der Waals surface area contributed by atoms with Gasteiger partial charge in [-0.1, -0.05) is 12.1 Å². The van der Waals surface area contributed by atoms with Crippen LogP contribution < -0.4 is 10.1 Å². The SMILES string of the molecule is Cn1nc(C(=O)O)cc1OCCCN1CCNCC1c1cccc2sccc12. The highest BCUT2D eigenvalue weighted by Gasteiger charge is 2.25. The summed E-state index contributed by atoms with van der Waals surface area (Å²) in [5.41, 5.74) is 1.38. The summed E-state index contributed by atoms with van der Waals surface area (Å²) >= 11 is 1.78. The Bertz CT molecular complexity index is 967. The van der Waals surface area contributed by atoms with Crippen molar-refractivity contribution in [3.63, 3.8) is 0 Å². The van der Waals surface area contributed by atoms with E-state index in [0.29, 0.717) is 18.5 Å². The monoisotopic (exact) mass is 400 g/mol. The van der Waals surface area contributed by atoms with Gasteiger partial charge in [0.25, 0.3) is 0 Å². The fourth-order valence-corrected chi connectivity index (χ4v) is 4.58. The van der Waals surface area contributed by atoms with E-state index in [4.69, 9.17) is 9.84 Å². The zero-order valence-corrected chi connectivity index (χ0v) is 16.6. The van der Waals surface area contributed by atoms with E-state index in [1.807, 2.05) is 0 Å². The lowest BCUT2D eigenvalue weighted by atomic mass is 9.99. The van der Waals surface area contributed by atoms with Crippen LogP contribution in [-0.4, -0.2) is 58.5 Å². The average molecular weight is 401 g/mol. The molecule has 1 aromatic carbocycles. The standard InChI is InChI=1S/C20H24N4O3S/c1-23-19(12-16(22-23)20(25)26)27-10-3-8-24-9-7-21-13-17(24)14-4-2-5-18-15(14)6-11-28-18/h2,4-6,11-12,17,21H,3,7-10,13H2,1H3,(H,25,26). The highest BCUT2D eigenvalue weighted by Crippen LogP contribution is 2.32. The van der Waals surface area contributed by atoms with Gasteiger partial charge in [0.05, 0.1) is 6.61 Å². The van der Waals surface area contributed by atoms with Crippen LogP contribution in [0.4, 0.5) is 0 Å². The first kappa shape index (κ1) is 18.9. The van der Waals surface area contributed by atoms with E-state index >= 15 is 0 Å². The normalized spacial score (nSPS) is 17.8. The molecule has 148 valence electrons. The van der Waals surface area contributed by atoms with Crippen molar-refractivity contribution < 1.29 is 14.6 Å². The smallest absolute Gasteiger partial charge is 0.356 e. The van der Waals surface area contributed by atoms with Crippen molar-refractivity contribution in [3.8, 4) is 5.88 Å². The molecule has 1 aliphatic rings. The van der Waals surface area contributed by atoms with Gasteiger partial charge in [0.1, 0.15) is 0 Å². The Balaban J connectivity index is 1.38. The Morgan fingerprint density at radius 3 is 3.14 bits per heavy atom. The fraction of sp³-hybridized carbons (Fsp3) is 0.400. The van der Waals surface area contributed by atoms with Gasteiger partial charge in [-0.25, -0.2) is 9.48 Å². The van der Waals surface area contributed by atoms with E-state index in [1.54, 1.807) is 18.4 Å². The number of carbonyl (C=O) groups is 1. The van der Waals surface area contributed by atoms with Gasteiger partial charge in [-0.15, -0.1) is 11.3 Å². The minimum Gasteiger partial charge on any atom is -0.478 e. The first-order valence-corrected chi connectivity index (χ1v) is 10.3. The zero-order chi connectivity index (χ0) is 19.5. The number of aryl methyl sites for hydroxylation is 1. The van der Waals surface area contributed by atoms with Crippen molar-refractivity contribution in [2.24, 2.45) is 7.05 Å². The predicted molar refractivity (Wildman–Crippen MR) is 109 cm³/mol. The van der Waals surface area contributed by atoms with E-state index < -0.39 is 5.97 Å². The Morgan fingerprint density at radius 2 is 2.32 bits per heavy atom. The highest BCUT2D eigenvalue weighted by molar-refractivity contribution is 7.17. The van der Waals surface area contributed by atoms with E-state index in [-0.39, 0.29) is 5.69 Å². The molecule has 1 saturated heterocycles. The molecular formula is C20H24N4O3S. The molecule has 3 aromatic rings. The Hall–Kier alpha value is -2.42. The van der Waals surface area contributed by atoms with Crippen molar-refractivity contribution in [3.05, 3.63) is 47.0 Å². The van der Waals surface area contributed by atoms with E-state index in [2.05, 4.69) is 45.0 Å². The van der Waals surface area contributed by atoms with Gasteiger partial charge < -0.3 is 15.2 Å². The van der Waals surface area contributed by atoms with Gasteiger partial charge in [-0.2, -0.15) is 5.10 Å². The van der Waals surface area contributed by atoms with E-state index in [9.17, 15) is 4.79 Å². The minimum atomic E-state index is -1.04. The number of piperazine rings is 1. The molecule has 0 amide bonds. The number of fused-ring (bicyclic) bond motifs is 1. The molecule has 2 aromatic heterocycles. The molecule has 1 unspecified atom stereocenters. The van der Waals surface area contributed by atoms with Gasteiger partial charge in [0.15, 0.2) is 5.69 Å². The second kappa shape index (κ2) is 8.30. The van der Waals surface area contributed by atoms with Gasteiger partial charge in [-0.05, 0) is 34.9 Å². The molecule has 0 aliphatic carbocycles. The lowest BCUT2D eigenvalue weighted by Crippen LogP contribution is -2.46. The van der Waals surface area contributed by atoms with E-state index in [0.717, 1.165) is 32.6 Å². The third-order valence-electron chi connectivity index (χ3n) is 5.14. The molecule has 3 heterocycles. The zero-order valence-electron chi connectivity index (χ0n) is 15.8. The quantitative estimate of drug-likeness (QED) is 0.594. The van der Waals surface area contributed by atoms with Crippen LogP contribution in [0.2, 0.25) is 0 Å². The van der Waals surface area contributed by atoms with Gasteiger partial charge >= 0.3 is 5.97 Å². The minimum absolute atomic E-state index is 0.00327. The number of hydrogen-bond donors (Lipinski definition) is 2. The van der Waals surface area contributed by atoms with Crippen molar-refractivity contribution in [2.45, 2.75) is 12.5 Å². The summed E-state index contributed by atoms with van der Waals surface area (Å²) in [6.45, 7) is 4.38. The lowest BCUT2D eigenvalue weighted by Gasteiger charge is -2.37. The number of aromatic nitrogens is 2. The second-order valence-corrected chi connectivity index (χ2v) is 7.88. The van der Waals surface area contributed by atoms with Gasteiger partial charge in [0, 0.05) is 50.0 Å². The first-order chi connectivity index (χ1) is 13.6. The molecular weight excluding hydrogens is 376 g/mol. The first-order valence-electron chi connectivity index (χ1n) is 9.44. The maximum atomic E-state index is 11.0. The van der Waals surface area contributed by atoms with Gasteiger partial charge in [0.2, 0.25) is 5.88 Å². The largest absolute Gasteiger partial charge is 0.478 e. The summed E-state index contributed by atoms with van der Waals surface area (Å²) in [6, 6.07) is 10.6. The molecule has 0 bridgehead atoms. The van der Waals surface area contributed by atoms with Crippen LogP contribution in [0, 0.1) is 0 Å². The number of carboxylic acid groups (broad SMARTS) is 1. The summed E-state index contributed by atoms with van der Waals surface area (Å²) in [4.78, 5) is 13.5. The summed E-state index contributed by atoms with van der Waals surface area (Å²) in [7, 11) is 1.69. The number of nitrogens with zero attached hydrogens (tertiary/aromatic N) is 3.